The molecule has 0 atom stereocenters. The molecule has 0 aliphatic heterocycles. The van der Waals surface area contributed by atoms with Gasteiger partial charge in [0, 0.05) is 9.79 Å². The number of hydrogen-bond donors (Lipinski definition) is 1. The first-order valence-electron chi connectivity index (χ1n) is 7.99. The third-order valence-corrected chi connectivity index (χ3v) is 4.77. The monoisotopic (exact) mass is 363 g/mol. The first-order valence-corrected chi connectivity index (χ1v) is 8.81. The number of rotatable bonds is 5. The van der Waals surface area contributed by atoms with E-state index in [-0.39, 0.29) is 17.0 Å². The fourth-order valence-electron chi connectivity index (χ4n) is 2.43. The first kappa shape index (κ1) is 17.8. The summed E-state index contributed by atoms with van der Waals surface area (Å²) in [7, 11) is 1.29. The van der Waals surface area contributed by atoms with Crippen LogP contribution in [0.5, 0.6) is 0 Å². The van der Waals surface area contributed by atoms with Crippen LogP contribution < -0.4 is 5.32 Å². The predicted molar refractivity (Wildman–Crippen MR) is 103 cm³/mol. The third kappa shape index (κ3) is 4.13. The van der Waals surface area contributed by atoms with E-state index in [1.54, 1.807) is 36.0 Å². The molecule has 0 saturated heterocycles. The van der Waals surface area contributed by atoms with Gasteiger partial charge in [0.15, 0.2) is 0 Å². The Kier molecular flexibility index (Phi) is 5.71. The summed E-state index contributed by atoms with van der Waals surface area (Å²) in [4.78, 5) is 26.6. The Morgan fingerprint density at radius 2 is 1.42 bits per heavy atom. The topological polar surface area (TPSA) is 55.4 Å². The highest BCUT2D eigenvalue weighted by atomic mass is 32.2. The number of nitrogens with one attached hydrogen (secondary N) is 1. The summed E-state index contributed by atoms with van der Waals surface area (Å²) >= 11 is 1.56. The van der Waals surface area contributed by atoms with Crippen molar-refractivity contribution >= 4 is 29.3 Å². The van der Waals surface area contributed by atoms with E-state index in [1.165, 1.54) is 7.11 Å². The molecule has 1 amide bonds. The molecule has 130 valence electrons. The lowest BCUT2D eigenvalue weighted by Crippen LogP contribution is -2.17. The number of anilines is 1. The van der Waals surface area contributed by atoms with Crippen molar-refractivity contribution in [3.8, 4) is 0 Å². The molecule has 5 heteroatoms. The number of esters is 1. The Bertz CT molecular complexity index is 925. The van der Waals surface area contributed by atoms with Crippen molar-refractivity contribution in [1.29, 1.82) is 0 Å². The third-order valence-electron chi connectivity index (χ3n) is 3.68. The summed E-state index contributed by atoms with van der Waals surface area (Å²) in [5.41, 5.74) is 1.20. The predicted octanol–water partition coefficient (Wildman–Crippen LogP) is 4.88. The van der Waals surface area contributed by atoms with Crippen molar-refractivity contribution in [2.45, 2.75) is 9.79 Å². The largest absolute Gasteiger partial charge is 0.465 e. The number of ether oxygens (including phenoxy) is 1. The number of hydrogen-bond acceptors (Lipinski definition) is 4. The minimum absolute atomic E-state index is 0.237. The van der Waals surface area contributed by atoms with Crippen LogP contribution in [-0.2, 0) is 4.74 Å². The molecule has 3 aromatic carbocycles. The quantitative estimate of drug-likeness (QED) is 0.657. The molecular weight excluding hydrogens is 346 g/mol. The van der Waals surface area contributed by atoms with E-state index in [9.17, 15) is 9.59 Å². The van der Waals surface area contributed by atoms with E-state index in [1.807, 2.05) is 54.6 Å². The van der Waals surface area contributed by atoms with Crippen LogP contribution in [0.1, 0.15) is 20.7 Å². The SMILES string of the molecule is COC(=O)c1ccccc1C(=O)Nc1ccccc1Sc1ccccc1. The van der Waals surface area contributed by atoms with E-state index in [2.05, 4.69) is 5.32 Å². The summed E-state index contributed by atoms with van der Waals surface area (Å²) < 4.78 is 4.76. The van der Waals surface area contributed by atoms with Gasteiger partial charge < -0.3 is 10.1 Å². The van der Waals surface area contributed by atoms with Gasteiger partial charge in [-0.1, -0.05) is 54.2 Å². The molecule has 0 fully saturated rings. The van der Waals surface area contributed by atoms with Gasteiger partial charge in [-0.15, -0.1) is 0 Å². The van der Waals surface area contributed by atoms with Crippen molar-refractivity contribution in [3.05, 3.63) is 90.0 Å². The summed E-state index contributed by atoms with van der Waals surface area (Å²) in [6.45, 7) is 0. The minimum Gasteiger partial charge on any atom is -0.465 e. The summed E-state index contributed by atoms with van der Waals surface area (Å²) in [5, 5.41) is 2.90. The second-order valence-electron chi connectivity index (χ2n) is 5.40. The lowest BCUT2D eigenvalue weighted by atomic mass is 10.1. The minimum atomic E-state index is -0.539. The normalized spacial score (nSPS) is 10.2. The van der Waals surface area contributed by atoms with Crippen molar-refractivity contribution < 1.29 is 14.3 Å². The van der Waals surface area contributed by atoms with Gasteiger partial charge in [-0.25, -0.2) is 4.79 Å². The molecule has 0 aromatic heterocycles. The van der Waals surface area contributed by atoms with Gasteiger partial charge in [-0.05, 0) is 36.4 Å². The van der Waals surface area contributed by atoms with E-state index in [4.69, 9.17) is 4.74 Å². The Balaban J connectivity index is 1.86. The summed E-state index contributed by atoms with van der Waals surface area (Å²) in [6.07, 6.45) is 0. The Hall–Kier alpha value is -3.05. The van der Waals surface area contributed by atoms with Crippen molar-refractivity contribution in [1.82, 2.24) is 0 Å². The molecule has 3 aromatic rings. The van der Waals surface area contributed by atoms with Crippen LogP contribution in [0.4, 0.5) is 5.69 Å². The Morgan fingerprint density at radius 3 is 2.15 bits per heavy atom. The van der Waals surface area contributed by atoms with Gasteiger partial charge in [-0.3, -0.25) is 4.79 Å². The lowest BCUT2D eigenvalue weighted by Gasteiger charge is -2.12. The van der Waals surface area contributed by atoms with Crippen molar-refractivity contribution in [2.24, 2.45) is 0 Å². The molecule has 26 heavy (non-hydrogen) atoms. The molecule has 0 bridgehead atoms. The molecular formula is C21H17NO3S. The molecule has 0 saturated carbocycles. The number of para-hydroxylation sites is 1. The number of carbonyl (C=O) groups excluding carboxylic acids is 2. The average molecular weight is 363 g/mol. The number of methoxy groups -OCH3 is 1. The molecule has 0 unspecified atom stereocenters. The van der Waals surface area contributed by atoms with E-state index >= 15 is 0 Å². The number of carbonyl (C=O) groups is 2. The molecule has 0 spiro atoms. The van der Waals surface area contributed by atoms with Crippen LogP contribution in [0.3, 0.4) is 0 Å². The zero-order valence-corrected chi connectivity index (χ0v) is 15.0. The van der Waals surface area contributed by atoms with Gasteiger partial charge in [0.2, 0.25) is 0 Å². The van der Waals surface area contributed by atoms with Crippen molar-refractivity contribution in [2.75, 3.05) is 12.4 Å². The molecule has 3 rings (SSSR count). The highest BCUT2D eigenvalue weighted by Crippen LogP contribution is 2.33. The molecule has 0 heterocycles. The van der Waals surface area contributed by atoms with Gasteiger partial charge in [-0.2, -0.15) is 0 Å². The van der Waals surface area contributed by atoms with Crippen LogP contribution in [0.2, 0.25) is 0 Å². The maximum absolute atomic E-state index is 12.7. The van der Waals surface area contributed by atoms with E-state index < -0.39 is 5.97 Å². The van der Waals surface area contributed by atoms with E-state index in [0.29, 0.717) is 5.69 Å². The smallest absolute Gasteiger partial charge is 0.338 e. The highest BCUT2D eigenvalue weighted by Gasteiger charge is 2.18. The number of benzene rings is 3. The molecule has 4 nitrogen and oxygen atoms in total. The Labute approximate surface area is 156 Å². The van der Waals surface area contributed by atoms with Crippen molar-refractivity contribution in [3.63, 3.8) is 0 Å². The summed E-state index contributed by atoms with van der Waals surface area (Å²) in [6, 6.07) is 24.1. The first-order chi connectivity index (χ1) is 12.7. The molecule has 0 aliphatic carbocycles. The zero-order chi connectivity index (χ0) is 18.4. The highest BCUT2D eigenvalue weighted by molar-refractivity contribution is 7.99. The molecule has 1 N–H and O–H groups in total. The van der Waals surface area contributed by atoms with Crippen LogP contribution in [0.25, 0.3) is 0 Å². The summed E-state index contributed by atoms with van der Waals surface area (Å²) in [5.74, 6) is -0.894. The van der Waals surface area contributed by atoms with Gasteiger partial charge >= 0.3 is 5.97 Å². The molecule has 0 aliphatic rings. The fraction of sp³-hybridized carbons (Fsp3) is 0.0476. The average Bonchev–Trinajstić information content (AvgIpc) is 2.69. The second kappa shape index (κ2) is 8.36. The van der Waals surface area contributed by atoms with E-state index in [0.717, 1.165) is 9.79 Å². The van der Waals surface area contributed by atoms with Gasteiger partial charge in [0.1, 0.15) is 0 Å². The van der Waals surface area contributed by atoms with Crippen LogP contribution in [0.15, 0.2) is 88.7 Å². The standard InChI is InChI=1S/C21H17NO3S/c1-25-21(24)17-12-6-5-11-16(17)20(23)22-18-13-7-8-14-19(18)26-15-9-3-2-4-10-15/h2-14H,1H3,(H,22,23). The van der Waals surface area contributed by atoms with Crippen LogP contribution in [0, 0.1) is 0 Å². The molecule has 0 radical (unpaired) electrons. The zero-order valence-electron chi connectivity index (χ0n) is 14.1. The second-order valence-corrected chi connectivity index (χ2v) is 6.52. The van der Waals surface area contributed by atoms with Crippen LogP contribution in [-0.4, -0.2) is 19.0 Å². The lowest BCUT2D eigenvalue weighted by molar-refractivity contribution is 0.0597. The maximum atomic E-state index is 12.7. The van der Waals surface area contributed by atoms with Gasteiger partial charge in [0.05, 0.1) is 23.9 Å². The van der Waals surface area contributed by atoms with Gasteiger partial charge in [0.25, 0.3) is 5.91 Å². The maximum Gasteiger partial charge on any atom is 0.338 e. The fourth-order valence-corrected chi connectivity index (χ4v) is 3.36. The van der Waals surface area contributed by atoms with Crippen LogP contribution >= 0.6 is 11.8 Å². The number of amides is 1. The Morgan fingerprint density at radius 1 is 0.808 bits per heavy atom.